The van der Waals surface area contributed by atoms with E-state index < -0.39 is 0 Å². The Morgan fingerprint density at radius 2 is 1.70 bits per heavy atom. The van der Waals surface area contributed by atoms with Crippen molar-refractivity contribution in [2.75, 3.05) is 26.2 Å². The van der Waals surface area contributed by atoms with E-state index in [2.05, 4.69) is 34.5 Å². The lowest BCUT2D eigenvalue weighted by Gasteiger charge is -2.36. The molecule has 2 aromatic carbocycles. The number of piperazine rings is 1. The Hall–Kier alpha value is -1.00. The van der Waals surface area contributed by atoms with Crippen molar-refractivity contribution in [3.8, 4) is 5.75 Å². The molecule has 23 heavy (non-hydrogen) atoms. The van der Waals surface area contributed by atoms with Gasteiger partial charge in [0.2, 0.25) is 0 Å². The molecule has 3 nitrogen and oxygen atoms in total. The van der Waals surface area contributed by atoms with Gasteiger partial charge >= 0.3 is 0 Å². The van der Waals surface area contributed by atoms with Crippen molar-refractivity contribution in [2.24, 2.45) is 5.92 Å². The Kier molecular flexibility index (Phi) is 6.15. The predicted molar refractivity (Wildman–Crippen MR) is 100 cm³/mol. The van der Waals surface area contributed by atoms with Gasteiger partial charge in [0.1, 0.15) is 5.75 Å². The number of aromatic hydroxyl groups is 1. The first-order chi connectivity index (χ1) is 10.3. The van der Waals surface area contributed by atoms with E-state index in [1.807, 2.05) is 12.1 Å². The van der Waals surface area contributed by atoms with Crippen molar-refractivity contribution < 1.29 is 5.11 Å². The summed E-state index contributed by atoms with van der Waals surface area (Å²) in [6.45, 7) is 4.25. The average Bonchev–Trinajstić information content (AvgIpc) is 3.36. The van der Waals surface area contributed by atoms with Crippen molar-refractivity contribution in [3.63, 3.8) is 0 Å². The molecule has 0 amide bonds. The van der Waals surface area contributed by atoms with Gasteiger partial charge in [0.25, 0.3) is 0 Å². The first-order valence-corrected chi connectivity index (χ1v) is 8.00. The summed E-state index contributed by atoms with van der Waals surface area (Å²) in [6.07, 6.45) is 2.58. The molecular formula is C18H24Cl2N2O. The molecule has 5 heteroatoms. The number of hydrogen-bond donors (Lipinski definition) is 2. The SMILES string of the molecule is Cl.Cl.Oc1ccc2ccccc2c1[C@@H](C1CC1)N1CCNCC1. The molecule has 1 saturated heterocycles. The van der Waals surface area contributed by atoms with Gasteiger partial charge in [-0.1, -0.05) is 30.3 Å². The van der Waals surface area contributed by atoms with E-state index in [0.29, 0.717) is 17.7 Å². The van der Waals surface area contributed by atoms with Crippen LogP contribution in [0.3, 0.4) is 0 Å². The molecule has 0 spiro atoms. The molecule has 2 aliphatic rings. The quantitative estimate of drug-likeness (QED) is 0.880. The predicted octanol–water partition coefficient (Wildman–Crippen LogP) is 3.75. The van der Waals surface area contributed by atoms with Crippen molar-refractivity contribution in [1.82, 2.24) is 10.2 Å². The fraction of sp³-hybridized carbons (Fsp3) is 0.444. The molecular weight excluding hydrogens is 331 g/mol. The van der Waals surface area contributed by atoms with Gasteiger partial charge in [0, 0.05) is 37.8 Å². The molecule has 1 aliphatic heterocycles. The Balaban J connectivity index is 0.000000960. The highest BCUT2D eigenvalue weighted by atomic mass is 35.5. The van der Waals surface area contributed by atoms with Gasteiger partial charge in [-0.15, -0.1) is 24.8 Å². The van der Waals surface area contributed by atoms with Crippen LogP contribution < -0.4 is 5.32 Å². The molecule has 2 aromatic rings. The molecule has 0 radical (unpaired) electrons. The highest BCUT2D eigenvalue weighted by Gasteiger charge is 2.38. The number of phenols is 1. The van der Waals surface area contributed by atoms with E-state index in [9.17, 15) is 5.11 Å². The Bertz CT molecular complexity index is 655. The second kappa shape index (κ2) is 7.71. The molecule has 2 fully saturated rings. The van der Waals surface area contributed by atoms with Crippen molar-refractivity contribution >= 4 is 35.6 Å². The largest absolute Gasteiger partial charge is 0.508 e. The van der Waals surface area contributed by atoms with Crippen LogP contribution in [-0.4, -0.2) is 36.2 Å². The summed E-state index contributed by atoms with van der Waals surface area (Å²) >= 11 is 0. The van der Waals surface area contributed by atoms with Crippen LogP contribution in [0.25, 0.3) is 10.8 Å². The van der Waals surface area contributed by atoms with Crippen LogP contribution in [0, 0.1) is 5.92 Å². The molecule has 0 aromatic heterocycles. The maximum Gasteiger partial charge on any atom is 0.121 e. The monoisotopic (exact) mass is 354 g/mol. The molecule has 0 unspecified atom stereocenters. The minimum absolute atomic E-state index is 0. The summed E-state index contributed by atoms with van der Waals surface area (Å²) in [5.74, 6) is 1.17. The van der Waals surface area contributed by atoms with Crippen LogP contribution in [0.5, 0.6) is 5.75 Å². The lowest BCUT2D eigenvalue weighted by atomic mass is 9.93. The standard InChI is InChI=1S/C18H22N2O.2ClH/c21-16-8-7-13-3-1-2-4-15(13)17(16)18(14-5-6-14)20-11-9-19-10-12-20;;/h1-4,7-8,14,18-19,21H,5-6,9-12H2;2*1H/t18-;;/m1../s1. The van der Waals surface area contributed by atoms with Crippen molar-refractivity contribution in [3.05, 3.63) is 42.0 Å². The number of halogens is 2. The third-order valence-corrected chi connectivity index (χ3v) is 4.86. The van der Waals surface area contributed by atoms with Gasteiger partial charge < -0.3 is 10.4 Å². The van der Waals surface area contributed by atoms with Gasteiger partial charge in [0.15, 0.2) is 0 Å². The van der Waals surface area contributed by atoms with Crippen LogP contribution in [0.2, 0.25) is 0 Å². The number of phenolic OH excluding ortho intramolecular Hbond substituents is 1. The van der Waals surface area contributed by atoms with Crippen LogP contribution in [0.4, 0.5) is 0 Å². The van der Waals surface area contributed by atoms with Crippen LogP contribution in [0.15, 0.2) is 36.4 Å². The molecule has 0 bridgehead atoms. The third kappa shape index (κ3) is 3.58. The lowest BCUT2D eigenvalue weighted by Crippen LogP contribution is -2.45. The van der Waals surface area contributed by atoms with Crippen LogP contribution >= 0.6 is 24.8 Å². The molecule has 1 atom stereocenters. The summed E-state index contributed by atoms with van der Waals surface area (Å²) in [4.78, 5) is 2.57. The maximum atomic E-state index is 10.5. The van der Waals surface area contributed by atoms with Gasteiger partial charge in [-0.3, -0.25) is 4.90 Å². The van der Waals surface area contributed by atoms with E-state index in [4.69, 9.17) is 0 Å². The second-order valence-corrected chi connectivity index (χ2v) is 6.29. The average molecular weight is 355 g/mol. The molecule has 126 valence electrons. The number of benzene rings is 2. The smallest absolute Gasteiger partial charge is 0.121 e. The van der Waals surface area contributed by atoms with E-state index in [1.165, 1.54) is 23.6 Å². The zero-order valence-electron chi connectivity index (χ0n) is 13.1. The van der Waals surface area contributed by atoms with Crippen molar-refractivity contribution in [1.29, 1.82) is 0 Å². The minimum atomic E-state index is 0. The normalized spacial score (nSPS) is 19.7. The van der Waals surface area contributed by atoms with Gasteiger partial charge in [-0.2, -0.15) is 0 Å². The second-order valence-electron chi connectivity index (χ2n) is 6.29. The number of rotatable bonds is 3. The molecule has 1 aliphatic carbocycles. The minimum Gasteiger partial charge on any atom is -0.508 e. The third-order valence-electron chi connectivity index (χ3n) is 4.86. The summed E-state index contributed by atoms with van der Waals surface area (Å²) in [7, 11) is 0. The number of nitrogens with zero attached hydrogens (tertiary/aromatic N) is 1. The molecule has 2 N–H and O–H groups in total. The topological polar surface area (TPSA) is 35.5 Å². The molecule has 1 heterocycles. The van der Waals surface area contributed by atoms with Gasteiger partial charge in [-0.05, 0) is 35.6 Å². The van der Waals surface area contributed by atoms with Gasteiger partial charge in [-0.25, -0.2) is 0 Å². The van der Waals surface area contributed by atoms with Gasteiger partial charge in [0.05, 0.1) is 0 Å². The highest BCUT2D eigenvalue weighted by Crippen LogP contribution is 2.48. The van der Waals surface area contributed by atoms with E-state index in [-0.39, 0.29) is 24.8 Å². The molecule has 4 rings (SSSR count). The maximum absolute atomic E-state index is 10.5. The lowest BCUT2D eigenvalue weighted by molar-refractivity contribution is 0.155. The Morgan fingerprint density at radius 1 is 1.00 bits per heavy atom. The van der Waals surface area contributed by atoms with E-state index >= 15 is 0 Å². The summed E-state index contributed by atoms with van der Waals surface area (Å²) < 4.78 is 0. The number of nitrogens with one attached hydrogen (secondary N) is 1. The van der Waals surface area contributed by atoms with E-state index in [0.717, 1.165) is 31.7 Å². The summed E-state index contributed by atoms with van der Waals surface area (Å²) in [5.41, 5.74) is 1.15. The van der Waals surface area contributed by atoms with Crippen LogP contribution in [0.1, 0.15) is 24.4 Å². The van der Waals surface area contributed by atoms with Crippen LogP contribution in [-0.2, 0) is 0 Å². The number of fused-ring (bicyclic) bond motifs is 1. The fourth-order valence-electron chi connectivity index (χ4n) is 3.68. The Morgan fingerprint density at radius 3 is 2.39 bits per heavy atom. The Labute approximate surface area is 149 Å². The fourth-order valence-corrected chi connectivity index (χ4v) is 3.68. The zero-order chi connectivity index (χ0) is 14.2. The van der Waals surface area contributed by atoms with Crippen molar-refractivity contribution in [2.45, 2.75) is 18.9 Å². The number of hydrogen-bond acceptors (Lipinski definition) is 3. The highest BCUT2D eigenvalue weighted by molar-refractivity contribution is 5.88. The summed E-state index contributed by atoms with van der Waals surface area (Å²) in [5, 5.41) is 16.4. The first-order valence-electron chi connectivity index (χ1n) is 8.00. The summed E-state index contributed by atoms with van der Waals surface area (Å²) in [6, 6.07) is 12.7. The zero-order valence-corrected chi connectivity index (χ0v) is 14.7. The molecule has 1 saturated carbocycles. The van der Waals surface area contributed by atoms with E-state index in [1.54, 1.807) is 0 Å². The first kappa shape index (κ1) is 18.3.